The first-order chi connectivity index (χ1) is 17.7. The van der Waals surface area contributed by atoms with Crippen LogP contribution in [0.25, 0.3) is 0 Å². The Labute approximate surface area is 226 Å². The van der Waals surface area contributed by atoms with Crippen LogP contribution in [0.5, 0.6) is 0 Å². The first kappa shape index (κ1) is 25.7. The molecule has 0 unspecified atom stereocenters. The zero-order chi connectivity index (χ0) is 25.9. The molecule has 1 N–H and O–H groups in total. The van der Waals surface area contributed by atoms with Crippen molar-refractivity contribution in [2.45, 2.75) is 116 Å². The SMILES string of the molecule is C=C(C)[C@@H]1CC[C@]2(C)C(=C(C)C=C[C@]23CC[C@@H]([C@@]2(O)[C@@H](CCc4ccccc4)CCC24CCCC4)C3)C1. The molecule has 0 aliphatic heterocycles. The van der Waals surface area contributed by atoms with Crippen LogP contribution in [0.15, 0.2) is 65.8 Å². The van der Waals surface area contributed by atoms with Gasteiger partial charge in [0.25, 0.3) is 0 Å². The molecule has 1 aromatic carbocycles. The van der Waals surface area contributed by atoms with Crippen LogP contribution in [-0.4, -0.2) is 10.7 Å². The van der Waals surface area contributed by atoms with Crippen molar-refractivity contribution >= 4 is 0 Å². The van der Waals surface area contributed by atoms with Crippen molar-refractivity contribution in [3.8, 4) is 0 Å². The van der Waals surface area contributed by atoms with Crippen LogP contribution in [0.1, 0.15) is 110 Å². The largest absolute Gasteiger partial charge is 0.389 e. The molecular formula is C36H50O. The highest BCUT2D eigenvalue weighted by Gasteiger charge is 2.66. The summed E-state index contributed by atoms with van der Waals surface area (Å²) in [5, 5.41) is 13.1. The molecule has 5 aliphatic carbocycles. The third-order valence-electron chi connectivity index (χ3n) is 12.8. The van der Waals surface area contributed by atoms with Crippen LogP contribution in [-0.2, 0) is 6.42 Å². The number of hydrogen-bond acceptors (Lipinski definition) is 1. The van der Waals surface area contributed by atoms with E-state index < -0.39 is 5.60 Å². The normalized spacial score (nSPS) is 40.6. The molecule has 0 bridgehead atoms. The lowest BCUT2D eigenvalue weighted by molar-refractivity contribution is -0.136. The molecule has 1 heteroatoms. The van der Waals surface area contributed by atoms with E-state index in [0.717, 1.165) is 12.8 Å². The van der Waals surface area contributed by atoms with Crippen LogP contribution in [0.4, 0.5) is 0 Å². The Morgan fingerprint density at radius 3 is 2.49 bits per heavy atom. The van der Waals surface area contributed by atoms with Gasteiger partial charge in [0.15, 0.2) is 0 Å². The van der Waals surface area contributed by atoms with E-state index in [2.05, 4.69) is 69.8 Å². The zero-order valence-electron chi connectivity index (χ0n) is 23.8. The molecule has 0 saturated heterocycles. The van der Waals surface area contributed by atoms with Gasteiger partial charge < -0.3 is 5.11 Å². The molecule has 200 valence electrons. The highest BCUT2D eigenvalue weighted by atomic mass is 16.3. The minimum atomic E-state index is -0.489. The average Bonchev–Trinajstić information content (AvgIpc) is 3.62. The van der Waals surface area contributed by atoms with Gasteiger partial charge in [0, 0.05) is 0 Å². The van der Waals surface area contributed by atoms with E-state index in [1.54, 1.807) is 5.57 Å². The minimum absolute atomic E-state index is 0.177. The maximum atomic E-state index is 13.1. The van der Waals surface area contributed by atoms with Crippen molar-refractivity contribution in [2.24, 2.45) is 34.0 Å². The average molecular weight is 499 g/mol. The molecule has 2 spiro atoms. The molecule has 5 aliphatic rings. The van der Waals surface area contributed by atoms with E-state index in [4.69, 9.17) is 0 Å². The van der Waals surface area contributed by atoms with Gasteiger partial charge in [-0.3, -0.25) is 0 Å². The van der Waals surface area contributed by atoms with E-state index >= 15 is 0 Å². The predicted octanol–water partition coefficient (Wildman–Crippen LogP) is 9.38. The van der Waals surface area contributed by atoms with E-state index in [1.807, 2.05) is 0 Å². The Balaban J connectivity index is 1.30. The topological polar surface area (TPSA) is 20.2 Å². The van der Waals surface area contributed by atoms with E-state index in [-0.39, 0.29) is 16.2 Å². The second kappa shape index (κ2) is 9.25. The van der Waals surface area contributed by atoms with Crippen molar-refractivity contribution < 1.29 is 5.11 Å². The van der Waals surface area contributed by atoms with Gasteiger partial charge in [-0.1, -0.05) is 85.5 Å². The van der Waals surface area contributed by atoms with E-state index in [9.17, 15) is 5.11 Å². The van der Waals surface area contributed by atoms with Gasteiger partial charge in [-0.25, -0.2) is 0 Å². The second-order valence-electron chi connectivity index (χ2n) is 14.3. The zero-order valence-corrected chi connectivity index (χ0v) is 23.8. The molecule has 37 heavy (non-hydrogen) atoms. The Morgan fingerprint density at radius 2 is 1.76 bits per heavy atom. The summed E-state index contributed by atoms with van der Waals surface area (Å²) < 4.78 is 0. The molecule has 4 saturated carbocycles. The van der Waals surface area contributed by atoms with Crippen molar-refractivity contribution in [3.63, 3.8) is 0 Å². The lowest BCUT2D eigenvalue weighted by Crippen LogP contribution is -2.53. The number of hydrogen-bond donors (Lipinski definition) is 1. The summed E-state index contributed by atoms with van der Waals surface area (Å²) in [4.78, 5) is 0. The summed E-state index contributed by atoms with van der Waals surface area (Å²) >= 11 is 0. The predicted molar refractivity (Wildman–Crippen MR) is 155 cm³/mol. The van der Waals surface area contributed by atoms with Crippen LogP contribution < -0.4 is 0 Å². The molecule has 4 fully saturated rings. The lowest BCUT2D eigenvalue weighted by atomic mass is 9.50. The first-order valence-corrected chi connectivity index (χ1v) is 15.5. The quantitative estimate of drug-likeness (QED) is 0.401. The second-order valence-corrected chi connectivity index (χ2v) is 14.3. The fourth-order valence-corrected chi connectivity index (χ4v) is 10.5. The summed E-state index contributed by atoms with van der Waals surface area (Å²) in [5.41, 5.74) is 6.16. The molecule has 0 aromatic heterocycles. The fraction of sp³-hybridized carbons (Fsp3) is 0.667. The first-order valence-electron chi connectivity index (χ1n) is 15.5. The molecule has 6 rings (SSSR count). The standard InChI is InChI=1S/C36H50O/c1-26(2)29-15-20-33(4)32(24-29)27(3)14-21-35(33)23-17-31(25-35)36(37)30(13-12-28-10-6-5-7-11-28)16-22-34(36)18-8-9-19-34/h5-7,10-11,14,21,29-31,37H,1,8-9,12-13,15-20,22-25H2,2-4H3/t29-,30+,31-,33-,35-,36+/m1/s1. The van der Waals surface area contributed by atoms with Gasteiger partial charge in [-0.15, -0.1) is 0 Å². The summed E-state index contributed by atoms with van der Waals surface area (Å²) in [6.45, 7) is 11.5. The monoisotopic (exact) mass is 498 g/mol. The highest BCUT2D eigenvalue weighted by molar-refractivity contribution is 5.41. The van der Waals surface area contributed by atoms with Gasteiger partial charge in [0.05, 0.1) is 5.60 Å². The lowest BCUT2D eigenvalue weighted by Gasteiger charge is -2.55. The van der Waals surface area contributed by atoms with Gasteiger partial charge in [-0.05, 0) is 130 Å². The van der Waals surface area contributed by atoms with Crippen LogP contribution in [0.3, 0.4) is 0 Å². The molecule has 1 nitrogen and oxygen atoms in total. The van der Waals surface area contributed by atoms with Gasteiger partial charge in [0.2, 0.25) is 0 Å². The Kier molecular flexibility index (Phi) is 6.42. The van der Waals surface area contributed by atoms with E-state index in [1.165, 1.54) is 93.8 Å². The third-order valence-corrected chi connectivity index (χ3v) is 12.8. The number of rotatable bonds is 5. The Morgan fingerprint density at radius 1 is 1.00 bits per heavy atom. The number of aliphatic hydroxyl groups is 1. The van der Waals surface area contributed by atoms with Crippen molar-refractivity contribution in [1.82, 2.24) is 0 Å². The number of fused-ring (bicyclic) bond motifs is 2. The van der Waals surface area contributed by atoms with Crippen molar-refractivity contribution in [1.29, 1.82) is 0 Å². The van der Waals surface area contributed by atoms with Gasteiger partial charge in [-0.2, -0.15) is 0 Å². The molecule has 1 aromatic rings. The van der Waals surface area contributed by atoms with Crippen LogP contribution in [0, 0.1) is 34.0 Å². The van der Waals surface area contributed by atoms with Crippen molar-refractivity contribution in [3.05, 3.63) is 71.3 Å². The van der Waals surface area contributed by atoms with Crippen molar-refractivity contribution in [2.75, 3.05) is 0 Å². The minimum Gasteiger partial charge on any atom is -0.389 e. The summed E-state index contributed by atoms with van der Waals surface area (Å²) in [6.07, 6.45) is 22.4. The summed E-state index contributed by atoms with van der Waals surface area (Å²) in [6, 6.07) is 11.0. The van der Waals surface area contributed by atoms with Crippen LogP contribution >= 0.6 is 0 Å². The molecule has 6 atom stereocenters. The number of allylic oxidation sites excluding steroid dienone is 5. The number of aryl methyl sites for hydroxylation is 1. The molecule has 0 amide bonds. The molecule has 0 heterocycles. The Bertz CT molecular complexity index is 1090. The van der Waals surface area contributed by atoms with E-state index in [0.29, 0.717) is 17.8 Å². The summed E-state index contributed by atoms with van der Waals surface area (Å²) in [7, 11) is 0. The highest BCUT2D eigenvalue weighted by Crippen LogP contribution is 2.70. The maximum Gasteiger partial charge on any atom is 0.0760 e. The molecular weight excluding hydrogens is 448 g/mol. The van der Waals surface area contributed by atoms with Gasteiger partial charge in [0.1, 0.15) is 0 Å². The molecule has 0 radical (unpaired) electrons. The maximum absolute atomic E-state index is 13.1. The smallest absolute Gasteiger partial charge is 0.0760 e. The number of benzene rings is 1. The fourth-order valence-electron chi connectivity index (χ4n) is 10.5. The summed E-state index contributed by atoms with van der Waals surface area (Å²) in [5.74, 6) is 1.53. The third kappa shape index (κ3) is 3.81. The Hall–Kier alpha value is -1.60. The van der Waals surface area contributed by atoms with Gasteiger partial charge >= 0.3 is 0 Å². The van der Waals surface area contributed by atoms with Crippen LogP contribution in [0.2, 0.25) is 0 Å².